The number of hydrogen-bond donors (Lipinski definition) is 1. The minimum atomic E-state index is 0.192. The molecule has 0 aliphatic rings. The highest BCUT2D eigenvalue weighted by Crippen LogP contribution is 2.26. The quantitative estimate of drug-likeness (QED) is 0.921. The van der Waals surface area contributed by atoms with Crippen molar-refractivity contribution < 1.29 is 4.74 Å². The Hall–Kier alpha value is -2.61. The van der Waals surface area contributed by atoms with E-state index >= 15 is 0 Å². The van der Waals surface area contributed by atoms with Crippen LogP contribution in [0.5, 0.6) is 11.6 Å². The summed E-state index contributed by atoms with van der Waals surface area (Å²) in [5, 5.41) is 12.0. The van der Waals surface area contributed by atoms with Crippen LogP contribution in [0, 0.1) is 11.3 Å². The predicted molar refractivity (Wildman–Crippen MR) is 76.9 cm³/mol. The van der Waals surface area contributed by atoms with Crippen molar-refractivity contribution in [1.29, 1.82) is 5.26 Å². The van der Waals surface area contributed by atoms with Crippen LogP contribution < -0.4 is 10.1 Å². The maximum atomic E-state index is 9.06. The standard InChI is InChI=1S/C15H16N4O/c1-10(2)15-18-13(17-3)8-14(19-15)20-12-7-5-4-6-11(12)9-16/h4-8,10H,1-3H3,(H,17,18,19). The molecule has 0 radical (unpaired) electrons. The summed E-state index contributed by atoms with van der Waals surface area (Å²) < 4.78 is 5.72. The van der Waals surface area contributed by atoms with Crippen molar-refractivity contribution in [2.75, 3.05) is 12.4 Å². The molecule has 0 aliphatic heterocycles. The topological polar surface area (TPSA) is 70.8 Å². The second-order valence-corrected chi connectivity index (χ2v) is 4.56. The Balaban J connectivity index is 2.38. The average molecular weight is 268 g/mol. The fourth-order valence-corrected chi connectivity index (χ4v) is 1.64. The fourth-order valence-electron chi connectivity index (χ4n) is 1.64. The van der Waals surface area contributed by atoms with Crippen LogP contribution in [0.25, 0.3) is 0 Å². The molecule has 2 rings (SSSR count). The van der Waals surface area contributed by atoms with Crippen molar-refractivity contribution in [3.8, 4) is 17.7 Å². The van der Waals surface area contributed by atoms with Crippen LogP contribution in [-0.2, 0) is 0 Å². The van der Waals surface area contributed by atoms with Gasteiger partial charge in [0, 0.05) is 19.0 Å². The number of aromatic nitrogens is 2. The number of nitrogens with zero attached hydrogens (tertiary/aromatic N) is 3. The Bertz CT molecular complexity index is 647. The first kappa shape index (κ1) is 13.8. The maximum Gasteiger partial charge on any atom is 0.224 e. The van der Waals surface area contributed by atoms with E-state index in [2.05, 4.69) is 21.4 Å². The largest absolute Gasteiger partial charge is 0.437 e. The molecule has 2 aromatic rings. The van der Waals surface area contributed by atoms with Gasteiger partial charge in [-0.15, -0.1) is 0 Å². The van der Waals surface area contributed by atoms with Gasteiger partial charge in [0.25, 0.3) is 0 Å². The summed E-state index contributed by atoms with van der Waals surface area (Å²) in [6.07, 6.45) is 0. The number of ether oxygens (including phenoxy) is 1. The zero-order valence-electron chi connectivity index (χ0n) is 11.7. The second kappa shape index (κ2) is 6.02. The summed E-state index contributed by atoms with van der Waals surface area (Å²) in [6, 6.07) is 10.9. The molecule has 1 aromatic carbocycles. The molecule has 0 fully saturated rings. The third kappa shape index (κ3) is 3.04. The van der Waals surface area contributed by atoms with Gasteiger partial charge >= 0.3 is 0 Å². The summed E-state index contributed by atoms with van der Waals surface area (Å²) in [5.74, 6) is 2.49. The van der Waals surface area contributed by atoms with E-state index in [0.717, 1.165) is 0 Å². The Labute approximate surface area is 118 Å². The van der Waals surface area contributed by atoms with E-state index in [1.165, 1.54) is 0 Å². The minimum absolute atomic E-state index is 0.192. The van der Waals surface area contributed by atoms with E-state index in [1.807, 2.05) is 19.9 Å². The highest BCUT2D eigenvalue weighted by molar-refractivity contribution is 5.46. The van der Waals surface area contributed by atoms with Gasteiger partial charge in [0.05, 0.1) is 5.56 Å². The van der Waals surface area contributed by atoms with E-state index < -0.39 is 0 Å². The normalized spacial score (nSPS) is 10.2. The molecule has 0 saturated heterocycles. The molecule has 0 spiro atoms. The van der Waals surface area contributed by atoms with Crippen molar-refractivity contribution >= 4 is 5.82 Å². The van der Waals surface area contributed by atoms with Gasteiger partial charge in [-0.25, -0.2) is 4.98 Å². The Morgan fingerprint density at radius 3 is 2.65 bits per heavy atom. The molecule has 1 aromatic heterocycles. The summed E-state index contributed by atoms with van der Waals surface area (Å²) >= 11 is 0. The highest BCUT2D eigenvalue weighted by Gasteiger charge is 2.10. The van der Waals surface area contributed by atoms with E-state index in [1.54, 1.807) is 31.3 Å². The predicted octanol–water partition coefficient (Wildman–Crippen LogP) is 3.31. The van der Waals surface area contributed by atoms with Crippen LogP contribution in [0.2, 0.25) is 0 Å². The summed E-state index contributed by atoms with van der Waals surface area (Å²) in [6.45, 7) is 4.03. The van der Waals surface area contributed by atoms with Crippen molar-refractivity contribution in [2.45, 2.75) is 19.8 Å². The van der Waals surface area contributed by atoms with Gasteiger partial charge in [-0.05, 0) is 12.1 Å². The first-order valence-corrected chi connectivity index (χ1v) is 6.37. The van der Waals surface area contributed by atoms with Crippen molar-refractivity contribution in [3.05, 3.63) is 41.7 Å². The van der Waals surface area contributed by atoms with E-state index in [-0.39, 0.29) is 5.92 Å². The van der Waals surface area contributed by atoms with Gasteiger partial charge in [0.15, 0.2) is 0 Å². The van der Waals surface area contributed by atoms with Crippen molar-refractivity contribution in [2.24, 2.45) is 0 Å². The molecule has 5 nitrogen and oxygen atoms in total. The SMILES string of the molecule is CNc1cc(Oc2ccccc2C#N)nc(C(C)C)n1. The monoisotopic (exact) mass is 268 g/mol. The van der Waals surface area contributed by atoms with Crippen LogP contribution in [-0.4, -0.2) is 17.0 Å². The molecule has 20 heavy (non-hydrogen) atoms. The van der Waals surface area contributed by atoms with Crippen molar-refractivity contribution in [3.63, 3.8) is 0 Å². The fraction of sp³-hybridized carbons (Fsp3) is 0.267. The number of hydrogen-bond acceptors (Lipinski definition) is 5. The summed E-state index contributed by atoms with van der Waals surface area (Å²) in [7, 11) is 1.79. The number of nitrogens with one attached hydrogen (secondary N) is 1. The first-order chi connectivity index (χ1) is 9.63. The lowest BCUT2D eigenvalue weighted by molar-refractivity contribution is 0.456. The Morgan fingerprint density at radius 2 is 2.00 bits per heavy atom. The van der Waals surface area contributed by atoms with E-state index in [0.29, 0.717) is 28.8 Å². The van der Waals surface area contributed by atoms with Gasteiger partial charge < -0.3 is 10.1 Å². The smallest absolute Gasteiger partial charge is 0.224 e. The number of benzene rings is 1. The molecule has 102 valence electrons. The third-order valence-corrected chi connectivity index (χ3v) is 2.71. The van der Waals surface area contributed by atoms with Crippen LogP contribution in [0.1, 0.15) is 31.2 Å². The molecule has 0 aliphatic carbocycles. The third-order valence-electron chi connectivity index (χ3n) is 2.71. The van der Waals surface area contributed by atoms with E-state index in [9.17, 15) is 0 Å². The van der Waals surface area contributed by atoms with Crippen molar-refractivity contribution in [1.82, 2.24) is 9.97 Å². The van der Waals surface area contributed by atoms with Gasteiger partial charge in [-0.1, -0.05) is 26.0 Å². The highest BCUT2D eigenvalue weighted by atomic mass is 16.5. The van der Waals surface area contributed by atoms with Crippen LogP contribution in [0.4, 0.5) is 5.82 Å². The number of anilines is 1. The van der Waals surface area contributed by atoms with Crippen LogP contribution in [0.3, 0.4) is 0 Å². The van der Waals surface area contributed by atoms with Gasteiger partial charge in [0.1, 0.15) is 23.5 Å². The van der Waals surface area contributed by atoms with Crippen LogP contribution in [0.15, 0.2) is 30.3 Å². The average Bonchev–Trinajstić information content (AvgIpc) is 2.47. The molecular formula is C15H16N4O. The lowest BCUT2D eigenvalue weighted by Gasteiger charge is -2.11. The number of rotatable bonds is 4. The minimum Gasteiger partial charge on any atom is -0.437 e. The molecule has 0 amide bonds. The molecule has 1 heterocycles. The van der Waals surface area contributed by atoms with Gasteiger partial charge in [-0.3, -0.25) is 0 Å². The Morgan fingerprint density at radius 1 is 1.25 bits per heavy atom. The lowest BCUT2D eigenvalue weighted by Crippen LogP contribution is -2.03. The molecule has 5 heteroatoms. The van der Waals surface area contributed by atoms with E-state index in [4.69, 9.17) is 10.00 Å². The number of nitriles is 1. The molecule has 0 atom stereocenters. The second-order valence-electron chi connectivity index (χ2n) is 4.56. The van der Waals surface area contributed by atoms with Gasteiger partial charge in [-0.2, -0.15) is 10.2 Å². The molecule has 1 N–H and O–H groups in total. The summed E-state index contributed by atoms with van der Waals surface area (Å²) in [4.78, 5) is 8.74. The van der Waals surface area contributed by atoms with Gasteiger partial charge in [0.2, 0.25) is 5.88 Å². The number of para-hydroxylation sites is 1. The molecule has 0 bridgehead atoms. The molecule has 0 saturated carbocycles. The zero-order valence-corrected chi connectivity index (χ0v) is 11.7. The Kier molecular flexibility index (Phi) is 4.16. The molecular weight excluding hydrogens is 252 g/mol. The summed E-state index contributed by atoms with van der Waals surface area (Å²) in [5.41, 5.74) is 0.475. The van der Waals surface area contributed by atoms with Crippen LogP contribution >= 0.6 is 0 Å². The first-order valence-electron chi connectivity index (χ1n) is 6.37. The zero-order chi connectivity index (χ0) is 14.5. The molecule has 0 unspecified atom stereocenters. The maximum absolute atomic E-state index is 9.06. The lowest BCUT2D eigenvalue weighted by atomic mass is 10.2.